The molecule has 1 saturated heterocycles. The molecule has 0 atom stereocenters. The van der Waals surface area contributed by atoms with Crippen molar-refractivity contribution in [2.45, 2.75) is 6.92 Å². The highest BCUT2D eigenvalue weighted by Gasteiger charge is 2.11. The van der Waals surface area contributed by atoms with Gasteiger partial charge in [-0.25, -0.2) is 4.99 Å². The van der Waals surface area contributed by atoms with Crippen LogP contribution in [0.25, 0.3) is 0 Å². The van der Waals surface area contributed by atoms with Crippen molar-refractivity contribution < 1.29 is 9.53 Å². The molecule has 0 spiro atoms. The summed E-state index contributed by atoms with van der Waals surface area (Å²) in [6.07, 6.45) is 0. The predicted octanol–water partition coefficient (Wildman–Crippen LogP) is 1.39. The van der Waals surface area contributed by atoms with Crippen molar-refractivity contribution in [3.05, 3.63) is 24.3 Å². The molecule has 0 unspecified atom stereocenters. The number of carbonyl (C=O) groups excluding carboxylic acids is 1. The monoisotopic (exact) mass is 322 g/mol. The number of ether oxygens (including phenoxy) is 1. The zero-order chi connectivity index (χ0) is 15.8. The van der Waals surface area contributed by atoms with E-state index in [2.05, 4.69) is 15.2 Å². The molecule has 7 heteroatoms. The molecule has 3 N–H and O–H groups in total. The van der Waals surface area contributed by atoms with Crippen LogP contribution in [0.2, 0.25) is 0 Å². The minimum Gasteiger partial charge on any atom is -0.492 e. The smallest absolute Gasteiger partial charge is 0.221 e. The van der Waals surface area contributed by atoms with E-state index in [1.54, 1.807) is 6.07 Å². The van der Waals surface area contributed by atoms with Crippen LogP contribution in [-0.2, 0) is 4.79 Å². The normalized spacial score (nSPS) is 15.5. The van der Waals surface area contributed by atoms with E-state index in [9.17, 15) is 4.79 Å². The first-order valence-electron chi connectivity index (χ1n) is 7.28. The Kier molecular flexibility index (Phi) is 6.39. The molecule has 1 aromatic carbocycles. The molecule has 120 valence electrons. The van der Waals surface area contributed by atoms with Gasteiger partial charge < -0.3 is 20.7 Å². The van der Waals surface area contributed by atoms with E-state index in [1.807, 2.05) is 30.0 Å². The summed E-state index contributed by atoms with van der Waals surface area (Å²) in [5, 5.41) is 2.72. The van der Waals surface area contributed by atoms with Gasteiger partial charge >= 0.3 is 0 Å². The number of aliphatic imine (C=N–C) groups is 1. The first-order valence-corrected chi connectivity index (χ1v) is 8.43. The lowest BCUT2D eigenvalue weighted by molar-refractivity contribution is -0.114. The summed E-state index contributed by atoms with van der Waals surface area (Å²) in [4.78, 5) is 17.5. The lowest BCUT2D eigenvalue weighted by Crippen LogP contribution is -2.42. The van der Waals surface area contributed by atoms with Gasteiger partial charge in [0.15, 0.2) is 5.96 Å². The van der Waals surface area contributed by atoms with E-state index in [0.717, 1.165) is 30.3 Å². The first kappa shape index (κ1) is 16.5. The minimum atomic E-state index is -0.103. The van der Waals surface area contributed by atoms with E-state index in [4.69, 9.17) is 10.5 Å². The van der Waals surface area contributed by atoms with Gasteiger partial charge in [-0.3, -0.25) is 4.79 Å². The second kappa shape index (κ2) is 8.53. The molecule has 1 heterocycles. The molecule has 2 rings (SSSR count). The van der Waals surface area contributed by atoms with E-state index < -0.39 is 0 Å². The van der Waals surface area contributed by atoms with Gasteiger partial charge in [0.05, 0.1) is 6.54 Å². The van der Waals surface area contributed by atoms with Crippen LogP contribution in [-0.4, -0.2) is 54.5 Å². The molecule has 1 fully saturated rings. The number of nitrogens with one attached hydrogen (secondary N) is 1. The molecular weight excluding hydrogens is 300 g/mol. The Hall–Kier alpha value is -1.89. The number of rotatable bonds is 5. The number of nitrogens with zero attached hydrogens (tertiary/aromatic N) is 2. The highest BCUT2D eigenvalue weighted by Crippen LogP contribution is 2.17. The number of anilines is 1. The van der Waals surface area contributed by atoms with Gasteiger partial charge in [0.25, 0.3) is 0 Å². The Morgan fingerprint density at radius 1 is 1.45 bits per heavy atom. The largest absolute Gasteiger partial charge is 0.492 e. The van der Waals surface area contributed by atoms with Crippen LogP contribution in [0.1, 0.15) is 6.92 Å². The fourth-order valence-electron chi connectivity index (χ4n) is 2.08. The standard InChI is InChI=1S/C15H22N4O2S/c1-12(20)18-13-3-2-4-14(11-13)21-8-5-17-15(16)19-6-9-22-10-7-19/h2-4,11H,5-10H2,1H3,(H2,16,17)(H,18,20). The fourth-order valence-corrected chi connectivity index (χ4v) is 2.99. The van der Waals surface area contributed by atoms with Crippen LogP contribution < -0.4 is 15.8 Å². The van der Waals surface area contributed by atoms with Crippen molar-refractivity contribution in [3.63, 3.8) is 0 Å². The van der Waals surface area contributed by atoms with Gasteiger partial charge in [-0.1, -0.05) is 6.07 Å². The van der Waals surface area contributed by atoms with Crippen LogP contribution >= 0.6 is 11.8 Å². The number of hydrogen-bond acceptors (Lipinski definition) is 4. The third-order valence-corrected chi connectivity index (χ3v) is 4.07. The lowest BCUT2D eigenvalue weighted by Gasteiger charge is -2.27. The highest BCUT2D eigenvalue weighted by molar-refractivity contribution is 7.99. The van der Waals surface area contributed by atoms with Crippen LogP contribution in [0, 0.1) is 0 Å². The van der Waals surface area contributed by atoms with Crippen molar-refractivity contribution in [1.29, 1.82) is 0 Å². The predicted molar refractivity (Wildman–Crippen MR) is 91.6 cm³/mol. The zero-order valence-corrected chi connectivity index (χ0v) is 13.6. The Labute approximate surface area is 135 Å². The number of hydrogen-bond donors (Lipinski definition) is 2. The molecule has 1 aliphatic rings. The molecule has 1 aromatic rings. The SMILES string of the molecule is CC(=O)Nc1cccc(OCCN=C(N)N2CCSCC2)c1. The van der Waals surface area contributed by atoms with E-state index >= 15 is 0 Å². The number of benzene rings is 1. The van der Waals surface area contributed by atoms with Crippen molar-refractivity contribution >= 4 is 29.3 Å². The number of guanidine groups is 1. The summed E-state index contributed by atoms with van der Waals surface area (Å²) < 4.78 is 5.63. The third kappa shape index (κ3) is 5.48. The maximum atomic E-state index is 11.0. The van der Waals surface area contributed by atoms with Crippen molar-refractivity contribution in [2.75, 3.05) is 43.1 Å². The molecule has 22 heavy (non-hydrogen) atoms. The first-order chi connectivity index (χ1) is 10.6. The third-order valence-electron chi connectivity index (χ3n) is 3.12. The molecule has 0 saturated carbocycles. The van der Waals surface area contributed by atoms with Gasteiger partial charge in [-0.05, 0) is 12.1 Å². The van der Waals surface area contributed by atoms with Gasteiger partial charge in [0, 0.05) is 43.3 Å². The van der Waals surface area contributed by atoms with Gasteiger partial charge in [0.1, 0.15) is 12.4 Å². The molecule has 6 nitrogen and oxygen atoms in total. The fraction of sp³-hybridized carbons (Fsp3) is 0.467. The molecule has 1 aliphatic heterocycles. The molecular formula is C15H22N4O2S. The molecule has 0 bridgehead atoms. The Morgan fingerprint density at radius 3 is 2.95 bits per heavy atom. The highest BCUT2D eigenvalue weighted by atomic mass is 32.2. The molecule has 0 radical (unpaired) electrons. The molecule has 0 aromatic heterocycles. The molecule has 1 amide bonds. The Balaban J connectivity index is 1.77. The van der Waals surface area contributed by atoms with Gasteiger partial charge in [0.2, 0.25) is 5.91 Å². The zero-order valence-electron chi connectivity index (χ0n) is 12.7. The van der Waals surface area contributed by atoms with Crippen LogP contribution in [0.15, 0.2) is 29.3 Å². The maximum Gasteiger partial charge on any atom is 0.221 e. The number of carbonyl (C=O) groups is 1. The van der Waals surface area contributed by atoms with Gasteiger partial charge in [-0.15, -0.1) is 0 Å². The number of nitrogens with two attached hydrogens (primary N) is 1. The van der Waals surface area contributed by atoms with Crippen molar-refractivity contribution in [3.8, 4) is 5.75 Å². The summed E-state index contributed by atoms with van der Waals surface area (Å²) in [6, 6.07) is 7.29. The van der Waals surface area contributed by atoms with Crippen molar-refractivity contribution in [1.82, 2.24) is 4.90 Å². The average molecular weight is 322 g/mol. The van der Waals surface area contributed by atoms with E-state index in [1.165, 1.54) is 6.92 Å². The quantitative estimate of drug-likeness (QED) is 0.486. The Bertz CT molecular complexity index is 530. The average Bonchev–Trinajstić information content (AvgIpc) is 2.52. The summed E-state index contributed by atoms with van der Waals surface area (Å²) in [6.45, 7) is 4.36. The van der Waals surface area contributed by atoms with Crippen LogP contribution in [0.5, 0.6) is 5.75 Å². The second-order valence-corrected chi connectivity index (χ2v) is 6.12. The summed E-state index contributed by atoms with van der Waals surface area (Å²) in [5.74, 6) is 3.39. The Morgan fingerprint density at radius 2 is 2.23 bits per heavy atom. The van der Waals surface area contributed by atoms with Crippen LogP contribution in [0.3, 0.4) is 0 Å². The summed E-state index contributed by atoms with van der Waals surface area (Å²) in [5.41, 5.74) is 6.69. The lowest BCUT2D eigenvalue weighted by atomic mass is 10.3. The summed E-state index contributed by atoms with van der Waals surface area (Å²) in [7, 11) is 0. The topological polar surface area (TPSA) is 79.9 Å². The van der Waals surface area contributed by atoms with Crippen LogP contribution in [0.4, 0.5) is 5.69 Å². The number of thioether (sulfide) groups is 1. The maximum absolute atomic E-state index is 11.0. The van der Waals surface area contributed by atoms with Crippen molar-refractivity contribution in [2.24, 2.45) is 10.7 Å². The van der Waals surface area contributed by atoms with Gasteiger partial charge in [-0.2, -0.15) is 11.8 Å². The molecule has 0 aliphatic carbocycles. The number of amides is 1. The second-order valence-electron chi connectivity index (χ2n) is 4.90. The minimum absolute atomic E-state index is 0.103. The van der Waals surface area contributed by atoms with E-state index in [-0.39, 0.29) is 5.91 Å². The summed E-state index contributed by atoms with van der Waals surface area (Å²) >= 11 is 1.94. The van der Waals surface area contributed by atoms with E-state index in [0.29, 0.717) is 24.9 Å².